The molecule has 0 spiro atoms. The molecule has 0 unspecified atom stereocenters. The van der Waals surface area contributed by atoms with Crippen LogP contribution in [0, 0.1) is 6.92 Å². The summed E-state index contributed by atoms with van der Waals surface area (Å²) in [5.74, 6) is 0.650. The molecule has 0 aliphatic heterocycles. The summed E-state index contributed by atoms with van der Waals surface area (Å²) >= 11 is 6.02. The van der Waals surface area contributed by atoms with Crippen LogP contribution in [0.2, 0.25) is 5.02 Å². The van der Waals surface area contributed by atoms with Gasteiger partial charge in [-0.15, -0.1) is 0 Å². The molecule has 3 N–H and O–H groups in total. The highest BCUT2D eigenvalue weighted by Gasteiger charge is 2.13. The predicted molar refractivity (Wildman–Crippen MR) is 64.5 cm³/mol. The van der Waals surface area contributed by atoms with Crippen LogP contribution >= 0.6 is 11.6 Å². The van der Waals surface area contributed by atoms with Gasteiger partial charge in [0, 0.05) is 23.2 Å². The number of hydrogen-bond donors (Lipinski definition) is 2. The lowest BCUT2D eigenvalue weighted by atomic mass is 10.1. The average Bonchev–Trinajstić information content (AvgIpc) is 2.54. The quantitative estimate of drug-likeness (QED) is 0.800. The molecule has 1 aromatic heterocycles. The van der Waals surface area contributed by atoms with E-state index in [1.54, 1.807) is 30.1 Å². The van der Waals surface area contributed by atoms with Crippen molar-refractivity contribution in [2.24, 2.45) is 7.05 Å². The van der Waals surface area contributed by atoms with Crippen LogP contribution in [0.4, 0.5) is 5.82 Å². The van der Waals surface area contributed by atoms with Crippen LogP contribution in [0.5, 0.6) is 5.75 Å². The van der Waals surface area contributed by atoms with E-state index in [1.165, 1.54) is 0 Å². The van der Waals surface area contributed by atoms with Crippen LogP contribution in [0.15, 0.2) is 18.3 Å². The minimum absolute atomic E-state index is 0.154. The zero-order valence-corrected chi connectivity index (χ0v) is 9.78. The Morgan fingerprint density at radius 2 is 2.06 bits per heavy atom. The Balaban J connectivity index is 2.65. The molecule has 0 aliphatic carbocycles. The number of nitrogen functional groups attached to an aromatic ring is 1. The third-order valence-corrected chi connectivity index (χ3v) is 2.96. The SMILES string of the molecule is Cc1cc(O)c(-c2cnn(C)c2N)cc1Cl. The van der Waals surface area contributed by atoms with Crippen molar-refractivity contribution in [3.05, 3.63) is 28.9 Å². The molecule has 4 nitrogen and oxygen atoms in total. The lowest BCUT2D eigenvalue weighted by Gasteiger charge is -2.06. The molecule has 2 aromatic rings. The molecule has 0 fully saturated rings. The fraction of sp³-hybridized carbons (Fsp3) is 0.182. The summed E-state index contributed by atoms with van der Waals surface area (Å²) in [5.41, 5.74) is 7.94. The predicted octanol–water partition coefficient (Wildman–Crippen LogP) is 2.34. The van der Waals surface area contributed by atoms with Crippen LogP contribution in [-0.4, -0.2) is 14.9 Å². The van der Waals surface area contributed by atoms with Gasteiger partial charge < -0.3 is 10.8 Å². The molecule has 84 valence electrons. The first-order valence-electron chi connectivity index (χ1n) is 4.77. The lowest BCUT2D eigenvalue weighted by Crippen LogP contribution is -1.98. The summed E-state index contributed by atoms with van der Waals surface area (Å²) in [5, 5.41) is 14.5. The normalized spacial score (nSPS) is 10.7. The van der Waals surface area contributed by atoms with Crippen molar-refractivity contribution in [3.8, 4) is 16.9 Å². The van der Waals surface area contributed by atoms with Crippen molar-refractivity contribution in [3.63, 3.8) is 0 Å². The molecule has 0 radical (unpaired) electrons. The summed E-state index contributed by atoms with van der Waals surface area (Å²) in [4.78, 5) is 0. The molecule has 0 aliphatic rings. The van der Waals surface area contributed by atoms with Gasteiger partial charge in [0.25, 0.3) is 0 Å². The van der Waals surface area contributed by atoms with Gasteiger partial charge in [0.1, 0.15) is 11.6 Å². The van der Waals surface area contributed by atoms with Gasteiger partial charge in [-0.1, -0.05) is 11.6 Å². The van der Waals surface area contributed by atoms with Crippen molar-refractivity contribution < 1.29 is 5.11 Å². The monoisotopic (exact) mass is 237 g/mol. The van der Waals surface area contributed by atoms with E-state index in [0.717, 1.165) is 5.56 Å². The number of nitrogens with zero attached hydrogens (tertiary/aromatic N) is 2. The molecule has 1 aromatic carbocycles. The highest BCUT2D eigenvalue weighted by Crippen LogP contribution is 2.36. The Kier molecular flexibility index (Phi) is 2.52. The Bertz CT molecular complexity index is 548. The fourth-order valence-electron chi connectivity index (χ4n) is 1.54. The molecule has 16 heavy (non-hydrogen) atoms. The third-order valence-electron chi connectivity index (χ3n) is 2.55. The van der Waals surface area contributed by atoms with Gasteiger partial charge in [-0.05, 0) is 24.6 Å². The number of halogens is 1. The smallest absolute Gasteiger partial charge is 0.129 e. The van der Waals surface area contributed by atoms with Crippen molar-refractivity contribution in [1.82, 2.24) is 9.78 Å². The highest BCUT2D eigenvalue weighted by atomic mass is 35.5. The van der Waals surface area contributed by atoms with Gasteiger partial charge in [-0.2, -0.15) is 5.10 Å². The number of benzene rings is 1. The van der Waals surface area contributed by atoms with E-state index in [1.807, 2.05) is 6.92 Å². The van der Waals surface area contributed by atoms with E-state index in [4.69, 9.17) is 17.3 Å². The molecular weight excluding hydrogens is 226 g/mol. The molecule has 0 saturated carbocycles. The lowest BCUT2D eigenvalue weighted by molar-refractivity contribution is 0.477. The van der Waals surface area contributed by atoms with E-state index in [2.05, 4.69) is 5.10 Å². The maximum Gasteiger partial charge on any atom is 0.129 e. The molecule has 0 bridgehead atoms. The Labute approximate surface area is 98.3 Å². The number of aromatic nitrogens is 2. The van der Waals surface area contributed by atoms with E-state index in [-0.39, 0.29) is 5.75 Å². The average molecular weight is 238 g/mol. The Morgan fingerprint density at radius 1 is 1.38 bits per heavy atom. The minimum atomic E-state index is 0.154. The zero-order chi connectivity index (χ0) is 11.9. The molecule has 5 heteroatoms. The molecule has 0 atom stereocenters. The standard InChI is InChI=1S/C11H12ClN3O/c1-6-3-10(16)7(4-9(6)12)8-5-14-15(2)11(8)13/h3-5,16H,13H2,1-2H3. The summed E-state index contributed by atoms with van der Waals surface area (Å²) in [6.45, 7) is 1.83. The highest BCUT2D eigenvalue weighted by molar-refractivity contribution is 6.31. The number of rotatable bonds is 1. The summed E-state index contributed by atoms with van der Waals surface area (Å²) in [6, 6.07) is 3.31. The summed E-state index contributed by atoms with van der Waals surface area (Å²) < 4.78 is 1.54. The fourth-order valence-corrected chi connectivity index (χ4v) is 1.70. The van der Waals surface area contributed by atoms with Crippen molar-refractivity contribution >= 4 is 17.4 Å². The van der Waals surface area contributed by atoms with E-state index in [0.29, 0.717) is 22.0 Å². The van der Waals surface area contributed by atoms with Crippen LogP contribution in [0.25, 0.3) is 11.1 Å². The molecule has 0 amide bonds. The van der Waals surface area contributed by atoms with Gasteiger partial charge in [0.05, 0.1) is 6.20 Å². The van der Waals surface area contributed by atoms with Gasteiger partial charge in [0.2, 0.25) is 0 Å². The maximum absolute atomic E-state index is 9.85. The number of hydrogen-bond acceptors (Lipinski definition) is 3. The van der Waals surface area contributed by atoms with E-state index in [9.17, 15) is 5.11 Å². The number of phenolic OH excluding ortho intramolecular Hbond substituents is 1. The Hall–Kier alpha value is -1.68. The first-order valence-corrected chi connectivity index (χ1v) is 5.15. The second-order valence-electron chi connectivity index (χ2n) is 3.69. The first kappa shape index (κ1) is 10.8. The molecule has 2 rings (SSSR count). The van der Waals surface area contributed by atoms with E-state index >= 15 is 0 Å². The van der Waals surface area contributed by atoms with Crippen LogP contribution < -0.4 is 5.73 Å². The largest absolute Gasteiger partial charge is 0.507 e. The zero-order valence-electron chi connectivity index (χ0n) is 9.03. The molecule has 1 heterocycles. The second-order valence-corrected chi connectivity index (χ2v) is 4.09. The van der Waals surface area contributed by atoms with Crippen molar-refractivity contribution in [1.29, 1.82) is 0 Å². The first-order chi connectivity index (χ1) is 7.50. The number of aryl methyl sites for hydroxylation is 2. The summed E-state index contributed by atoms with van der Waals surface area (Å²) in [7, 11) is 1.74. The van der Waals surface area contributed by atoms with Crippen molar-refractivity contribution in [2.45, 2.75) is 6.92 Å². The third kappa shape index (κ3) is 1.61. The molecule has 0 saturated heterocycles. The number of nitrogens with two attached hydrogens (primary N) is 1. The van der Waals surface area contributed by atoms with Gasteiger partial charge in [-0.3, -0.25) is 4.68 Å². The Morgan fingerprint density at radius 3 is 2.62 bits per heavy atom. The summed E-state index contributed by atoms with van der Waals surface area (Å²) in [6.07, 6.45) is 1.61. The van der Waals surface area contributed by atoms with Crippen LogP contribution in [-0.2, 0) is 7.05 Å². The number of aromatic hydroxyl groups is 1. The van der Waals surface area contributed by atoms with Crippen LogP contribution in [0.1, 0.15) is 5.56 Å². The van der Waals surface area contributed by atoms with Crippen molar-refractivity contribution in [2.75, 3.05) is 5.73 Å². The minimum Gasteiger partial charge on any atom is -0.507 e. The van der Waals surface area contributed by atoms with Gasteiger partial charge in [0.15, 0.2) is 0 Å². The van der Waals surface area contributed by atoms with E-state index < -0.39 is 0 Å². The number of anilines is 1. The van der Waals surface area contributed by atoms with Crippen LogP contribution in [0.3, 0.4) is 0 Å². The molecular formula is C11H12ClN3O. The second kappa shape index (κ2) is 3.72. The van der Waals surface area contributed by atoms with Gasteiger partial charge >= 0.3 is 0 Å². The topological polar surface area (TPSA) is 64.1 Å². The van der Waals surface area contributed by atoms with Gasteiger partial charge in [-0.25, -0.2) is 0 Å². The maximum atomic E-state index is 9.85. The number of phenols is 1.